The predicted octanol–water partition coefficient (Wildman–Crippen LogP) is 4.11. The Balaban J connectivity index is 1.38. The number of sulfonamides is 1. The Morgan fingerprint density at radius 2 is 1.70 bits per heavy atom. The second kappa shape index (κ2) is 10.6. The van der Waals surface area contributed by atoms with Gasteiger partial charge in [-0.05, 0) is 66.4 Å². The highest BCUT2D eigenvalue weighted by atomic mass is 32.2. The molecule has 6 nitrogen and oxygen atoms in total. The average Bonchev–Trinajstić information content (AvgIpc) is 2.83. The van der Waals surface area contributed by atoms with Gasteiger partial charge in [-0.3, -0.25) is 4.98 Å². The molecule has 0 saturated carbocycles. The van der Waals surface area contributed by atoms with Gasteiger partial charge in [0.15, 0.2) is 0 Å². The maximum atomic E-state index is 13.2. The number of aromatic nitrogens is 1. The minimum atomic E-state index is -3.70. The molecule has 0 fully saturated rings. The summed E-state index contributed by atoms with van der Waals surface area (Å²) in [7, 11) is -3.70. The Kier molecular flexibility index (Phi) is 7.34. The third kappa shape index (κ3) is 5.96. The summed E-state index contributed by atoms with van der Waals surface area (Å²) in [6.45, 7) is 1.57. The number of pyridine rings is 1. The molecule has 0 aliphatic carbocycles. The third-order valence-electron chi connectivity index (χ3n) is 5.44. The number of nitrogens with zero attached hydrogens (tertiary/aromatic N) is 1. The minimum absolute atomic E-state index is 0.255. The van der Waals surface area contributed by atoms with Crippen LogP contribution in [0.15, 0.2) is 90.1 Å². The molecule has 7 heteroatoms. The number of phenolic OH excluding ortho intramolecular Hbond substituents is 1. The molecule has 0 aliphatic heterocycles. The van der Waals surface area contributed by atoms with E-state index < -0.39 is 10.0 Å². The van der Waals surface area contributed by atoms with E-state index >= 15 is 0 Å². The maximum Gasteiger partial charge on any atom is 0.241 e. The van der Waals surface area contributed by atoms with Crippen molar-refractivity contribution in [3.63, 3.8) is 0 Å². The number of hydrogen-bond acceptors (Lipinski definition) is 5. The van der Waals surface area contributed by atoms with Crippen molar-refractivity contribution >= 4 is 20.8 Å². The first-order chi connectivity index (χ1) is 16.0. The largest absolute Gasteiger partial charge is 0.508 e. The van der Waals surface area contributed by atoms with E-state index in [9.17, 15) is 13.5 Å². The topological polar surface area (TPSA) is 91.3 Å². The quantitative estimate of drug-likeness (QED) is 0.309. The van der Waals surface area contributed by atoms with Crippen molar-refractivity contribution < 1.29 is 13.5 Å². The predicted molar refractivity (Wildman–Crippen MR) is 132 cm³/mol. The van der Waals surface area contributed by atoms with Crippen molar-refractivity contribution in [2.45, 2.75) is 17.7 Å². The lowest BCUT2D eigenvalue weighted by molar-refractivity contribution is 0.474. The van der Waals surface area contributed by atoms with Gasteiger partial charge in [-0.1, -0.05) is 42.5 Å². The van der Waals surface area contributed by atoms with Gasteiger partial charge in [-0.25, -0.2) is 13.1 Å². The van der Waals surface area contributed by atoms with Crippen LogP contribution in [0.25, 0.3) is 21.9 Å². The second-order valence-corrected chi connectivity index (χ2v) is 9.59. The summed E-state index contributed by atoms with van der Waals surface area (Å²) >= 11 is 0. The van der Waals surface area contributed by atoms with Crippen molar-refractivity contribution in [3.8, 4) is 16.9 Å². The smallest absolute Gasteiger partial charge is 0.241 e. The van der Waals surface area contributed by atoms with Crippen LogP contribution in [0.4, 0.5) is 0 Å². The van der Waals surface area contributed by atoms with Gasteiger partial charge < -0.3 is 10.4 Å². The Morgan fingerprint density at radius 3 is 2.52 bits per heavy atom. The van der Waals surface area contributed by atoms with Gasteiger partial charge in [0, 0.05) is 36.3 Å². The van der Waals surface area contributed by atoms with Crippen LogP contribution >= 0.6 is 0 Å². The van der Waals surface area contributed by atoms with Gasteiger partial charge in [-0.2, -0.15) is 0 Å². The Morgan fingerprint density at radius 1 is 0.848 bits per heavy atom. The van der Waals surface area contributed by atoms with Crippen molar-refractivity contribution in [3.05, 3.63) is 90.8 Å². The molecule has 4 rings (SSSR count). The number of aromatic hydroxyl groups is 1. The Bertz CT molecular complexity index is 1330. The van der Waals surface area contributed by atoms with Crippen molar-refractivity contribution in [1.29, 1.82) is 0 Å². The summed E-state index contributed by atoms with van der Waals surface area (Å²) in [5.41, 5.74) is 2.87. The zero-order valence-electron chi connectivity index (χ0n) is 18.2. The van der Waals surface area contributed by atoms with Gasteiger partial charge in [0.1, 0.15) is 5.75 Å². The fourth-order valence-corrected chi connectivity index (χ4v) is 5.08. The van der Waals surface area contributed by atoms with Gasteiger partial charge >= 0.3 is 0 Å². The fraction of sp³-hybridized carbons (Fsp3) is 0.192. The number of aryl methyl sites for hydroxylation is 1. The van der Waals surface area contributed by atoms with Gasteiger partial charge in [0.05, 0.1) is 4.90 Å². The molecule has 3 N–H and O–H groups in total. The van der Waals surface area contributed by atoms with E-state index in [1.165, 1.54) is 0 Å². The van der Waals surface area contributed by atoms with Crippen LogP contribution < -0.4 is 10.0 Å². The van der Waals surface area contributed by atoms with Gasteiger partial charge in [0.25, 0.3) is 0 Å². The van der Waals surface area contributed by atoms with Crippen LogP contribution in [0.5, 0.6) is 5.75 Å². The lowest BCUT2D eigenvalue weighted by Crippen LogP contribution is -2.32. The monoisotopic (exact) mass is 461 g/mol. The summed E-state index contributed by atoms with van der Waals surface area (Å²) in [4.78, 5) is 4.42. The lowest BCUT2D eigenvalue weighted by Gasteiger charge is -2.13. The van der Waals surface area contributed by atoms with Crippen LogP contribution in [-0.2, 0) is 16.4 Å². The molecule has 0 saturated heterocycles. The molecular weight excluding hydrogens is 434 g/mol. The average molecular weight is 462 g/mol. The molecule has 0 spiro atoms. The highest BCUT2D eigenvalue weighted by Crippen LogP contribution is 2.30. The molecule has 1 heterocycles. The highest BCUT2D eigenvalue weighted by molar-refractivity contribution is 7.89. The zero-order chi connectivity index (χ0) is 23.1. The first-order valence-electron chi connectivity index (χ1n) is 10.9. The van der Waals surface area contributed by atoms with E-state index in [4.69, 9.17) is 0 Å². The van der Waals surface area contributed by atoms with Gasteiger partial charge in [-0.15, -0.1) is 0 Å². The molecule has 0 amide bonds. The number of hydrogen-bond donors (Lipinski definition) is 3. The van der Waals surface area contributed by atoms with E-state index in [-0.39, 0.29) is 17.2 Å². The molecule has 0 bridgehead atoms. The molecule has 4 aromatic rings. The highest BCUT2D eigenvalue weighted by Gasteiger charge is 2.18. The number of phenols is 1. The van der Waals surface area contributed by atoms with E-state index in [1.807, 2.05) is 48.5 Å². The molecule has 3 aromatic carbocycles. The molecule has 0 atom stereocenters. The van der Waals surface area contributed by atoms with Crippen LogP contribution in [0.3, 0.4) is 0 Å². The Hall–Kier alpha value is -3.26. The first kappa shape index (κ1) is 22.9. The standard InChI is InChI=1S/C26H27N3O3S/c30-24-10-4-6-20(16-24)7-5-12-27-14-15-29-33(31,32)26-18-22(21-8-2-1-3-9-21)17-23-19-28-13-11-25(23)26/h1-4,6,8-11,13,16-19,27,29-30H,5,7,12,14-15H2. The SMILES string of the molecule is O=S(=O)(NCCNCCCc1cccc(O)c1)c1cc(-c2ccccc2)cc2cnccc12. The summed E-state index contributed by atoms with van der Waals surface area (Å²) < 4.78 is 29.0. The van der Waals surface area contributed by atoms with E-state index in [2.05, 4.69) is 15.0 Å². The van der Waals surface area contributed by atoms with Crippen LogP contribution in [0.1, 0.15) is 12.0 Å². The maximum absolute atomic E-state index is 13.2. The summed E-state index contributed by atoms with van der Waals surface area (Å²) in [5.74, 6) is 0.273. The number of benzene rings is 3. The van der Waals surface area contributed by atoms with E-state index in [0.717, 1.165) is 41.5 Å². The number of fused-ring (bicyclic) bond motifs is 1. The van der Waals surface area contributed by atoms with Crippen molar-refractivity contribution in [1.82, 2.24) is 15.0 Å². The van der Waals surface area contributed by atoms with E-state index in [0.29, 0.717) is 11.9 Å². The number of nitrogens with one attached hydrogen (secondary N) is 2. The molecule has 170 valence electrons. The van der Waals surface area contributed by atoms with Crippen LogP contribution in [0.2, 0.25) is 0 Å². The Labute approximate surface area is 194 Å². The minimum Gasteiger partial charge on any atom is -0.508 e. The van der Waals surface area contributed by atoms with Crippen LogP contribution in [-0.4, -0.2) is 38.1 Å². The molecule has 0 radical (unpaired) electrons. The normalized spacial score (nSPS) is 11.6. The van der Waals surface area contributed by atoms with E-state index in [1.54, 1.807) is 36.7 Å². The van der Waals surface area contributed by atoms with Crippen LogP contribution in [0, 0.1) is 0 Å². The molecular formula is C26H27N3O3S. The van der Waals surface area contributed by atoms with Gasteiger partial charge in [0.2, 0.25) is 10.0 Å². The second-order valence-electron chi connectivity index (χ2n) is 7.86. The lowest BCUT2D eigenvalue weighted by atomic mass is 10.0. The summed E-state index contributed by atoms with van der Waals surface area (Å²) in [5, 5.41) is 14.2. The zero-order valence-corrected chi connectivity index (χ0v) is 19.1. The third-order valence-corrected chi connectivity index (χ3v) is 6.94. The molecule has 0 unspecified atom stereocenters. The molecule has 1 aromatic heterocycles. The summed E-state index contributed by atoms with van der Waals surface area (Å²) in [6.07, 6.45) is 5.04. The van der Waals surface area contributed by atoms with Crippen molar-refractivity contribution in [2.75, 3.05) is 19.6 Å². The first-order valence-corrected chi connectivity index (χ1v) is 12.4. The summed E-state index contributed by atoms with van der Waals surface area (Å²) in [6, 6.07) is 22.4. The molecule has 33 heavy (non-hydrogen) atoms. The fourth-order valence-electron chi connectivity index (χ4n) is 3.80. The van der Waals surface area contributed by atoms with Crippen molar-refractivity contribution in [2.24, 2.45) is 0 Å². The molecule has 0 aliphatic rings. The number of rotatable bonds is 10.